The molecule has 5 aromatic carbocycles. The first-order chi connectivity index (χ1) is 23.7. The second-order valence-electron chi connectivity index (χ2n) is 16.7. The highest BCUT2D eigenvalue weighted by atomic mass is 15.3. The fourth-order valence-electron chi connectivity index (χ4n) is 7.91. The Balaban J connectivity index is 1.54. The molecule has 4 heterocycles. The summed E-state index contributed by atoms with van der Waals surface area (Å²) in [5.74, 6) is 0. The van der Waals surface area contributed by atoms with Gasteiger partial charge in [0.05, 0.1) is 33.8 Å². The van der Waals surface area contributed by atoms with Crippen LogP contribution in [0.1, 0.15) is 84.7 Å². The fourth-order valence-corrected chi connectivity index (χ4v) is 7.91. The maximum Gasteiger partial charge on any atom is 0.252 e. The summed E-state index contributed by atoms with van der Waals surface area (Å²) in [7, 11) is 0. The van der Waals surface area contributed by atoms with E-state index in [-0.39, 0.29) is 12.1 Å². The maximum atomic E-state index is 9.57. The molecular weight excluding hydrogens is 571 g/mol. The van der Waals surface area contributed by atoms with Gasteiger partial charge < -0.3 is 0 Å². The highest BCUT2D eigenvalue weighted by Gasteiger charge is 2.43. The summed E-state index contributed by atoms with van der Waals surface area (Å²) in [5, 5.41) is 16.4. The highest BCUT2D eigenvalue weighted by molar-refractivity contribution is 7.00. The Morgan fingerprint density at radius 2 is 1.04 bits per heavy atom. The zero-order valence-corrected chi connectivity index (χ0v) is 28.8. The molecule has 4 nitrogen and oxygen atoms in total. The molecule has 0 saturated heterocycles. The highest BCUT2D eigenvalue weighted by Crippen LogP contribution is 2.40. The van der Waals surface area contributed by atoms with Crippen LogP contribution in [0, 0.1) is 10.8 Å². The Hall–Kier alpha value is -4.38. The number of nitrogens with zero attached hydrogens (tertiary/aromatic N) is 4. The lowest BCUT2D eigenvalue weighted by Crippen LogP contribution is -2.59. The van der Waals surface area contributed by atoms with Crippen molar-refractivity contribution in [3.63, 3.8) is 0 Å². The summed E-state index contributed by atoms with van der Waals surface area (Å²) >= 11 is 0. The van der Waals surface area contributed by atoms with Crippen LogP contribution in [0.4, 0.5) is 0 Å². The quantitative estimate of drug-likeness (QED) is 0.183. The third-order valence-corrected chi connectivity index (χ3v) is 9.76. The van der Waals surface area contributed by atoms with Crippen molar-refractivity contribution in [1.29, 1.82) is 0 Å². The molecule has 0 atom stereocenters. The van der Waals surface area contributed by atoms with Crippen molar-refractivity contribution in [3.8, 4) is 11.4 Å². The predicted octanol–water partition coefficient (Wildman–Crippen LogP) is 8.29. The van der Waals surface area contributed by atoms with Crippen LogP contribution in [0.2, 0.25) is 0 Å². The Morgan fingerprint density at radius 3 is 1.45 bits per heavy atom. The van der Waals surface area contributed by atoms with Crippen molar-refractivity contribution >= 4 is 66.5 Å². The summed E-state index contributed by atoms with van der Waals surface area (Å²) in [6, 6.07) is 25.6. The smallest absolute Gasteiger partial charge is 0.234 e. The van der Waals surface area contributed by atoms with Gasteiger partial charge in [0, 0.05) is 16.3 Å². The van der Waals surface area contributed by atoms with Gasteiger partial charge in [-0.2, -0.15) is 10.2 Å². The van der Waals surface area contributed by atoms with E-state index in [9.17, 15) is 5.48 Å². The first-order valence-electron chi connectivity index (χ1n) is 18.8. The molecule has 0 aliphatic carbocycles. The molecule has 0 saturated carbocycles. The number of hydrogen-bond donors (Lipinski definition) is 0. The van der Waals surface area contributed by atoms with Crippen molar-refractivity contribution in [2.24, 2.45) is 10.8 Å². The normalized spacial score (nSPS) is 16.1. The minimum atomic E-state index is -1.74. The number of aromatic nitrogens is 4. The van der Waals surface area contributed by atoms with Crippen molar-refractivity contribution < 1.29 is 5.48 Å². The van der Waals surface area contributed by atoms with Crippen LogP contribution in [0.15, 0.2) is 72.8 Å². The average Bonchev–Trinajstić information content (AvgIpc) is 3.65. The van der Waals surface area contributed by atoms with E-state index < -0.39 is 23.6 Å². The Bertz CT molecular complexity index is 2490. The molecule has 0 radical (unpaired) electrons. The third kappa shape index (κ3) is 4.14. The van der Waals surface area contributed by atoms with Gasteiger partial charge in [-0.05, 0) is 84.6 Å². The maximum absolute atomic E-state index is 9.57. The molecule has 2 aliphatic heterocycles. The largest absolute Gasteiger partial charge is 0.252 e. The molecule has 7 aromatic rings. The van der Waals surface area contributed by atoms with E-state index in [1.54, 1.807) is 0 Å². The number of hydrogen-bond acceptors (Lipinski definition) is 2. The van der Waals surface area contributed by atoms with E-state index in [4.69, 9.17) is 10.2 Å². The monoisotopic (exact) mass is 618 g/mol. The van der Waals surface area contributed by atoms with Crippen LogP contribution in [0.25, 0.3) is 54.7 Å². The molecule has 0 bridgehead atoms. The lowest BCUT2D eigenvalue weighted by atomic mass is 9.34. The van der Waals surface area contributed by atoms with E-state index >= 15 is 0 Å². The zero-order valence-electron chi connectivity index (χ0n) is 32.8. The SMILES string of the molecule is [2H]C([2H])(c1nn2c3c(cc4ccccc4c13)B1c3c-2cc(C(C)(C)C)cc3-n2nc(C([2H])([2H])C(C)(C)C)c3c4ccccc4cc1c32)C(C)(C)C. The van der Waals surface area contributed by atoms with Gasteiger partial charge in [-0.15, -0.1) is 0 Å². The van der Waals surface area contributed by atoms with Crippen molar-refractivity contribution in [3.05, 3.63) is 89.7 Å². The lowest BCUT2D eigenvalue weighted by molar-refractivity contribution is 0.406. The molecule has 0 unspecified atom stereocenters. The molecule has 2 aromatic heterocycles. The van der Waals surface area contributed by atoms with Gasteiger partial charge in [-0.25, -0.2) is 9.36 Å². The first-order valence-corrected chi connectivity index (χ1v) is 16.8. The third-order valence-electron chi connectivity index (χ3n) is 9.76. The van der Waals surface area contributed by atoms with Crippen LogP contribution in [-0.2, 0) is 18.2 Å². The van der Waals surface area contributed by atoms with E-state index in [1.165, 1.54) is 0 Å². The van der Waals surface area contributed by atoms with Crippen molar-refractivity contribution in [1.82, 2.24) is 19.6 Å². The fraction of sp³-hybridized carbons (Fsp3) is 0.333. The summed E-state index contributed by atoms with van der Waals surface area (Å²) in [5.41, 5.74) is 7.31. The van der Waals surface area contributed by atoms with Gasteiger partial charge >= 0.3 is 0 Å². The zero-order chi connectivity index (χ0) is 36.4. The van der Waals surface area contributed by atoms with Gasteiger partial charge in [0.2, 0.25) is 0 Å². The molecular formula is C42H43BN4. The van der Waals surface area contributed by atoms with E-state index in [0.717, 1.165) is 76.7 Å². The second kappa shape index (κ2) is 9.15. The summed E-state index contributed by atoms with van der Waals surface area (Å²) in [6.45, 7) is 18.1. The Morgan fingerprint density at radius 1 is 0.617 bits per heavy atom. The molecule has 47 heavy (non-hydrogen) atoms. The van der Waals surface area contributed by atoms with Crippen LogP contribution in [0.5, 0.6) is 0 Å². The molecule has 0 N–H and O–H groups in total. The molecule has 9 rings (SSSR count). The van der Waals surface area contributed by atoms with E-state index in [2.05, 4.69) is 69.3 Å². The van der Waals surface area contributed by atoms with Crippen molar-refractivity contribution in [2.45, 2.75) is 80.5 Å². The van der Waals surface area contributed by atoms with Crippen LogP contribution >= 0.6 is 0 Å². The van der Waals surface area contributed by atoms with E-state index in [0.29, 0.717) is 11.4 Å². The standard InChI is InChI=1S/C42H43BN4/c1-40(2,3)22-31-35-27-16-12-10-14-24(27)18-29-38(35)46(44-31)33-20-26(42(7,8)9)21-34-37(33)43(29)30-19-25-15-11-13-17-28(25)36-32(23-41(4,5)6)45-47(34)39(30)36/h10-21H,22-23H2,1-9H3/i22D2,23D2. The van der Waals surface area contributed by atoms with Gasteiger partial charge in [0.15, 0.2) is 0 Å². The molecule has 0 amide bonds. The second-order valence-corrected chi connectivity index (χ2v) is 16.7. The summed E-state index contributed by atoms with van der Waals surface area (Å²) in [4.78, 5) is 0. The molecule has 5 heteroatoms. The van der Waals surface area contributed by atoms with Crippen LogP contribution in [0.3, 0.4) is 0 Å². The molecule has 2 aliphatic rings. The molecule has 234 valence electrons. The van der Waals surface area contributed by atoms with Crippen LogP contribution < -0.4 is 16.4 Å². The van der Waals surface area contributed by atoms with Gasteiger partial charge in [0.1, 0.15) is 0 Å². The summed E-state index contributed by atoms with van der Waals surface area (Å²) < 4.78 is 42.3. The minimum Gasteiger partial charge on any atom is -0.234 e. The summed E-state index contributed by atoms with van der Waals surface area (Å²) in [6.07, 6.45) is -3.47. The topological polar surface area (TPSA) is 35.6 Å². The van der Waals surface area contributed by atoms with Crippen LogP contribution in [-0.4, -0.2) is 26.3 Å². The number of rotatable bonds is 2. The number of benzene rings is 5. The Kier molecular flexibility index (Phi) is 4.82. The molecule has 0 spiro atoms. The van der Waals surface area contributed by atoms with Gasteiger partial charge in [-0.1, -0.05) is 123 Å². The number of fused-ring (bicyclic) bond motifs is 8. The minimum absolute atomic E-state index is 0.210. The molecule has 0 fully saturated rings. The van der Waals surface area contributed by atoms with Crippen molar-refractivity contribution in [2.75, 3.05) is 0 Å². The Labute approximate surface area is 283 Å². The lowest BCUT2D eigenvalue weighted by Gasteiger charge is -2.34. The average molecular weight is 619 g/mol. The predicted molar refractivity (Wildman–Crippen MR) is 200 cm³/mol. The van der Waals surface area contributed by atoms with Gasteiger partial charge in [-0.3, -0.25) is 0 Å². The van der Waals surface area contributed by atoms with E-state index in [1.807, 2.05) is 75.2 Å². The first kappa shape index (κ1) is 24.8. The van der Waals surface area contributed by atoms with Gasteiger partial charge in [0.25, 0.3) is 6.71 Å².